The Labute approximate surface area is 481 Å². The molecule has 8 N–H and O–H groups in total. The van der Waals surface area contributed by atoms with E-state index in [4.69, 9.17) is 10.1 Å². The van der Waals surface area contributed by atoms with E-state index < -0.39 is 88.7 Å². The number of nitrogens with one attached hydrogen (secondary N) is 2. The fraction of sp³-hybridized carbons (Fsp3) is 0.286. The maximum absolute atomic E-state index is 13.5. The molecular formula is C56H61N6O16S5+. The van der Waals surface area contributed by atoms with Crippen LogP contribution in [0, 0.1) is 0 Å². The van der Waals surface area contributed by atoms with Crippen LogP contribution >= 0.6 is 0 Å². The SMILES string of the molecule is CCCC[N+]1=C(/C=C/C(=C/C=C2/N(CCCS(=O)(=O)O)c3ccc4c(S(=O)(=O)O)cc(S(=O)(=O)O)cc4c3C2(C)C)c2ccc(C(=O)NCCC(=O)NCc3ccc(S(N)(=O)=O)cc3)cn2)C(C)(C)c2c1ccc1ccc(S(=O)(=O)O)cc21. The zero-order valence-corrected chi connectivity index (χ0v) is 49.6. The number of rotatable bonds is 21. The van der Waals surface area contributed by atoms with Crippen LogP contribution in [0.15, 0.2) is 147 Å². The van der Waals surface area contributed by atoms with Gasteiger partial charge in [-0.3, -0.25) is 32.8 Å². The number of pyridine rings is 1. The Hall–Kier alpha value is -7.05. The molecular weight excluding hydrogens is 1170 g/mol. The van der Waals surface area contributed by atoms with E-state index in [-0.39, 0.29) is 58.6 Å². The lowest BCUT2D eigenvalue weighted by Gasteiger charge is -2.27. The summed E-state index contributed by atoms with van der Waals surface area (Å²) in [5.74, 6) is -1.60. The van der Waals surface area contributed by atoms with Crippen molar-refractivity contribution in [1.29, 1.82) is 0 Å². The third-order valence-corrected chi connectivity index (χ3v) is 19.0. The summed E-state index contributed by atoms with van der Waals surface area (Å²) in [7, 11) is -23.1. The molecule has 83 heavy (non-hydrogen) atoms. The number of primary sulfonamides is 1. The first-order chi connectivity index (χ1) is 38.6. The number of benzene rings is 5. The lowest BCUT2D eigenvalue weighted by molar-refractivity contribution is -0.438. The maximum atomic E-state index is 13.5. The van der Waals surface area contributed by atoms with Crippen LogP contribution in [0.3, 0.4) is 0 Å². The van der Waals surface area contributed by atoms with Crippen molar-refractivity contribution in [2.75, 3.05) is 30.3 Å². The maximum Gasteiger partial charge on any atom is 0.295 e. The number of fused-ring (bicyclic) bond motifs is 6. The second-order valence-corrected chi connectivity index (χ2v) is 28.5. The minimum absolute atomic E-state index is 0.0246. The molecule has 0 saturated heterocycles. The number of anilines is 1. The number of hydrogen-bond donors (Lipinski definition) is 7. The Morgan fingerprint density at radius 2 is 1.37 bits per heavy atom. The van der Waals surface area contributed by atoms with Crippen LogP contribution in [0.5, 0.6) is 0 Å². The number of aromatic nitrogens is 1. The molecule has 5 aromatic carbocycles. The minimum atomic E-state index is -5.10. The molecule has 3 heterocycles. The van der Waals surface area contributed by atoms with E-state index in [1.54, 1.807) is 49.1 Å². The van der Waals surface area contributed by atoms with Gasteiger partial charge in [-0.25, -0.2) is 13.6 Å². The Kier molecular flexibility index (Phi) is 17.3. The molecule has 440 valence electrons. The highest BCUT2D eigenvalue weighted by Gasteiger charge is 2.46. The quantitative estimate of drug-likeness (QED) is 0.0217. The highest BCUT2D eigenvalue weighted by Crippen LogP contribution is 2.52. The molecule has 2 amide bonds. The Balaban J connectivity index is 1.22. The fourth-order valence-electron chi connectivity index (χ4n) is 10.7. The standard InChI is InChI=1S/C56H60N6O16S5/c1-6-7-27-61-46-21-13-36-11-18-40(81(70,71)72)30-43(36)52(46)55(2,3)49(61)23-14-37(45-20-12-38(34-59-45)54(64)58-26-25-51(63)60-33-35-9-16-39(17-10-35)80(57,68)69)15-24-50-56(4,5)53-44-31-41(82(73,74)75)32-48(83(76,77)78)42(44)19-22-47(53)62(50)28-8-29-79(65,66)67/h9-24,30-32,34H,6-8,25-29,33H2,1-5H3,(H7-,57,58,60,63,64,65,66,67,68,69,70,71,72,73,74,75,76,77,78)/p+1. The van der Waals surface area contributed by atoms with Gasteiger partial charge in [-0.2, -0.15) is 38.2 Å². The molecule has 0 saturated carbocycles. The van der Waals surface area contributed by atoms with Gasteiger partial charge in [0, 0.05) is 84.1 Å². The Bertz CT molecular complexity index is 4370. The molecule has 22 nitrogen and oxygen atoms in total. The van der Waals surface area contributed by atoms with Gasteiger partial charge in [-0.05, 0) is 120 Å². The van der Waals surface area contributed by atoms with Crippen molar-refractivity contribution in [2.24, 2.45) is 5.14 Å². The normalized spacial score (nSPS) is 16.0. The monoisotopic (exact) mass is 1230 g/mol. The smallest absolute Gasteiger partial charge is 0.295 e. The van der Waals surface area contributed by atoms with Gasteiger partial charge in [0.25, 0.3) is 46.4 Å². The number of nitrogens with two attached hydrogens (primary N) is 1. The second kappa shape index (κ2) is 23.2. The first kappa shape index (κ1) is 62.0. The van der Waals surface area contributed by atoms with Crippen molar-refractivity contribution in [3.05, 3.63) is 155 Å². The number of nitrogens with zero attached hydrogens (tertiary/aromatic N) is 3. The average Bonchev–Trinajstić information content (AvgIpc) is 1.95. The number of sulfonamides is 1. The van der Waals surface area contributed by atoms with Crippen molar-refractivity contribution in [2.45, 2.75) is 97.3 Å². The lowest BCUT2D eigenvalue weighted by atomic mass is 9.79. The molecule has 2 aliphatic rings. The fourth-order valence-corrected chi connectivity index (χ4v) is 13.5. The molecule has 6 aromatic rings. The summed E-state index contributed by atoms with van der Waals surface area (Å²) in [6.45, 7) is 10.0. The highest BCUT2D eigenvalue weighted by molar-refractivity contribution is 7.89. The van der Waals surface area contributed by atoms with Crippen LogP contribution in [0.1, 0.15) is 93.0 Å². The summed E-state index contributed by atoms with van der Waals surface area (Å²) >= 11 is 0. The molecule has 0 unspecified atom stereocenters. The van der Waals surface area contributed by atoms with E-state index in [1.165, 1.54) is 60.8 Å². The molecule has 8 rings (SSSR count). The van der Waals surface area contributed by atoms with Crippen LogP contribution in [0.4, 0.5) is 11.4 Å². The number of carbonyl (C=O) groups is 2. The van der Waals surface area contributed by atoms with E-state index in [2.05, 4.69) is 15.2 Å². The summed E-state index contributed by atoms with van der Waals surface area (Å²) in [6, 6.07) is 21.6. The Morgan fingerprint density at radius 3 is 1.99 bits per heavy atom. The summed E-state index contributed by atoms with van der Waals surface area (Å²) in [5.41, 5.74) is 3.08. The molecule has 0 radical (unpaired) electrons. The predicted molar refractivity (Wildman–Crippen MR) is 313 cm³/mol. The molecule has 1 aromatic heterocycles. The van der Waals surface area contributed by atoms with Gasteiger partial charge < -0.3 is 15.5 Å². The number of amides is 2. The van der Waals surface area contributed by atoms with E-state index in [1.807, 2.05) is 39.0 Å². The van der Waals surface area contributed by atoms with Gasteiger partial charge in [-0.15, -0.1) is 0 Å². The van der Waals surface area contributed by atoms with Gasteiger partial charge in [0.15, 0.2) is 5.71 Å². The van der Waals surface area contributed by atoms with Crippen LogP contribution < -0.4 is 20.7 Å². The van der Waals surface area contributed by atoms with Crippen LogP contribution in [-0.2, 0) is 72.7 Å². The molecule has 0 atom stereocenters. The molecule has 27 heteroatoms. The third-order valence-electron chi connectivity index (χ3n) is 14.6. The van der Waals surface area contributed by atoms with Gasteiger partial charge in [0.1, 0.15) is 11.4 Å². The average molecular weight is 1230 g/mol. The first-order valence-corrected chi connectivity index (χ1v) is 33.3. The topological polar surface area (TPSA) is 355 Å². The van der Waals surface area contributed by atoms with E-state index in [9.17, 15) is 69.9 Å². The third kappa shape index (κ3) is 13.5. The summed E-state index contributed by atoms with van der Waals surface area (Å²) < 4.78 is 166. The van der Waals surface area contributed by atoms with Crippen molar-refractivity contribution < 1.29 is 74.5 Å². The molecule has 0 fully saturated rings. The Morgan fingerprint density at radius 1 is 0.711 bits per heavy atom. The minimum Gasteiger partial charge on any atom is -0.352 e. The predicted octanol–water partition coefficient (Wildman–Crippen LogP) is 6.99. The summed E-state index contributed by atoms with van der Waals surface area (Å²) in [4.78, 5) is 30.7. The zero-order chi connectivity index (χ0) is 60.8. The molecule has 2 aliphatic heterocycles. The molecule has 0 aliphatic carbocycles. The van der Waals surface area contributed by atoms with Gasteiger partial charge in [-0.1, -0.05) is 57.5 Å². The van der Waals surface area contributed by atoms with E-state index >= 15 is 0 Å². The van der Waals surface area contributed by atoms with E-state index in [0.29, 0.717) is 51.8 Å². The number of hydrogen-bond acceptors (Lipinski definition) is 14. The van der Waals surface area contributed by atoms with Crippen molar-refractivity contribution in [3.63, 3.8) is 0 Å². The summed E-state index contributed by atoms with van der Waals surface area (Å²) in [5, 5.41) is 11.9. The van der Waals surface area contributed by atoms with Crippen LogP contribution in [0.25, 0.3) is 27.1 Å². The number of unbranched alkanes of at least 4 members (excludes halogenated alkanes) is 1. The lowest BCUT2D eigenvalue weighted by Crippen LogP contribution is -2.30. The second-order valence-electron chi connectivity index (χ2n) is 21.1. The van der Waals surface area contributed by atoms with Gasteiger partial charge in [0.2, 0.25) is 21.6 Å². The number of carbonyl (C=O) groups excluding carboxylic acids is 2. The van der Waals surface area contributed by atoms with Crippen LogP contribution in [0.2, 0.25) is 0 Å². The summed E-state index contributed by atoms with van der Waals surface area (Å²) in [6.07, 6.45) is 9.80. The van der Waals surface area contributed by atoms with Crippen LogP contribution in [-0.4, -0.2) is 113 Å². The largest absolute Gasteiger partial charge is 0.352 e. The van der Waals surface area contributed by atoms with Crippen molar-refractivity contribution in [3.8, 4) is 0 Å². The zero-order valence-electron chi connectivity index (χ0n) is 45.6. The van der Waals surface area contributed by atoms with Crippen molar-refractivity contribution in [1.82, 2.24) is 15.6 Å². The van der Waals surface area contributed by atoms with Crippen molar-refractivity contribution >= 4 is 107 Å². The highest BCUT2D eigenvalue weighted by atomic mass is 32.2. The van der Waals surface area contributed by atoms with E-state index in [0.717, 1.165) is 41.3 Å². The number of allylic oxidation sites excluding steroid dienone is 6. The molecule has 0 spiro atoms. The van der Waals surface area contributed by atoms with Gasteiger partial charge >= 0.3 is 0 Å². The molecule has 0 bridgehead atoms. The van der Waals surface area contributed by atoms with Gasteiger partial charge in [0.05, 0.1) is 37.1 Å². The first-order valence-electron chi connectivity index (χ1n) is 25.8.